The maximum absolute atomic E-state index is 13.1. The minimum atomic E-state index is -4.43. The maximum Gasteiger partial charge on any atom is 0.416 e. The summed E-state index contributed by atoms with van der Waals surface area (Å²) in [4.78, 5) is 0. The van der Waals surface area contributed by atoms with Gasteiger partial charge in [0.05, 0.1) is 16.9 Å². The first-order valence-corrected chi connectivity index (χ1v) is 5.77. The number of hydrogen-bond acceptors (Lipinski definition) is 2. The third-order valence-corrected chi connectivity index (χ3v) is 2.82. The van der Waals surface area contributed by atoms with Crippen LogP contribution in [0.15, 0.2) is 36.4 Å². The molecule has 0 spiro atoms. The van der Waals surface area contributed by atoms with Gasteiger partial charge >= 0.3 is 6.18 Å². The molecule has 106 valence electrons. The molecule has 0 aliphatic heterocycles. The fraction of sp³-hybridized carbons (Fsp3) is 0.143. The zero-order chi connectivity index (χ0) is 14.9. The van der Waals surface area contributed by atoms with E-state index in [2.05, 4.69) is 5.32 Å². The predicted molar refractivity (Wildman–Crippen MR) is 70.3 cm³/mol. The van der Waals surface area contributed by atoms with Gasteiger partial charge in [-0.15, -0.1) is 0 Å². The highest BCUT2D eigenvalue weighted by Gasteiger charge is 2.30. The summed E-state index contributed by atoms with van der Waals surface area (Å²) in [5, 5.41) is 2.86. The van der Waals surface area contributed by atoms with Crippen LogP contribution in [0.4, 0.5) is 34.6 Å². The van der Waals surface area contributed by atoms with E-state index < -0.39 is 11.7 Å². The van der Waals surface area contributed by atoms with Gasteiger partial charge in [-0.05, 0) is 48.9 Å². The highest BCUT2D eigenvalue weighted by Crippen LogP contribution is 2.33. The summed E-state index contributed by atoms with van der Waals surface area (Å²) in [6.07, 6.45) is -4.43. The number of halogens is 4. The predicted octanol–water partition coefficient (Wildman–Crippen LogP) is 4.48. The van der Waals surface area contributed by atoms with Gasteiger partial charge < -0.3 is 11.1 Å². The summed E-state index contributed by atoms with van der Waals surface area (Å²) in [5.74, 6) is -0.351. The lowest BCUT2D eigenvalue weighted by molar-refractivity contribution is -0.137. The van der Waals surface area contributed by atoms with Crippen LogP contribution in [0.1, 0.15) is 11.1 Å². The number of nitrogens with two attached hydrogens (primary N) is 1. The first-order chi connectivity index (χ1) is 9.27. The lowest BCUT2D eigenvalue weighted by atomic mass is 10.1. The number of nitrogens with one attached hydrogen (secondary N) is 1. The number of hydrogen-bond donors (Lipinski definition) is 2. The molecule has 0 saturated carbocycles. The van der Waals surface area contributed by atoms with E-state index >= 15 is 0 Å². The molecule has 0 bridgehead atoms. The topological polar surface area (TPSA) is 38.0 Å². The Bertz CT molecular complexity index is 636. The molecule has 0 amide bonds. The summed E-state index contributed by atoms with van der Waals surface area (Å²) >= 11 is 0. The Hall–Kier alpha value is -2.24. The van der Waals surface area contributed by atoms with Crippen molar-refractivity contribution in [3.05, 3.63) is 53.3 Å². The van der Waals surface area contributed by atoms with Gasteiger partial charge in [0.2, 0.25) is 0 Å². The van der Waals surface area contributed by atoms with Gasteiger partial charge in [0.15, 0.2) is 0 Å². The Labute approximate surface area is 113 Å². The normalized spacial score (nSPS) is 11.4. The molecule has 0 unspecified atom stereocenters. The third kappa shape index (κ3) is 3.01. The van der Waals surface area contributed by atoms with Crippen LogP contribution in [-0.4, -0.2) is 0 Å². The van der Waals surface area contributed by atoms with Crippen LogP contribution < -0.4 is 11.1 Å². The monoisotopic (exact) mass is 284 g/mol. The van der Waals surface area contributed by atoms with Crippen molar-refractivity contribution in [1.82, 2.24) is 0 Å². The van der Waals surface area contributed by atoms with Crippen LogP contribution in [0.2, 0.25) is 0 Å². The van der Waals surface area contributed by atoms with Crippen molar-refractivity contribution in [1.29, 1.82) is 0 Å². The zero-order valence-corrected chi connectivity index (χ0v) is 10.6. The first kappa shape index (κ1) is 14.2. The van der Waals surface area contributed by atoms with Crippen molar-refractivity contribution in [2.24, 2.45) is 0 Å². The molecule has 2 aromatic rings. The zero-order valence-electron chi connectivity index (χ0n) is 10.6. The van der Waals surface area contributed by atoms with E-state index in [0.29, 0.717) is 16.9 Å². The standard InChI is InChI=1S/C14H12F4N2/c1-8-6-10(3-4-11(8)15)20-13-5-2-9(7-12(13)19)14(16,17)18/h2-7,20H,19H2,1H3. The van der Waals surface area contributed by atoms with Crippen LogP contribution in [0.5, 0.6) is 0 Å². The van der Waals surface area contributed by atoms with Crippen molar-refractivity contribution >= 4 is 17.1 Å². The number of anilines is 3. The minimum absolute atomic E-state index is 0.0261. The van der Waals surface area contributed by atoms with Crippen molar-refractivity contribution in [3.8, 4) is 0 Å². The molecule has 2 aromatic carbocycles. The van der Waals surface area contributed by atoms with Gasteiger partial charge in [0.25, 0.3) is 0 Å². The number of aryl methyl sites for hydroxylation is 1. The molecule has 2 rings (SSSR count). The highest BCUT2D eigenvalue weighted by atomic mass is 19.4. The van der Waals surface area contributed by atoms with E-state index in [4.69, 9.17) is 5.73 Å². The molecule has 20 heavy (non-hydrogen) atoms. The van der Waals surface area contributed by atoms with E-state index in [1.54, 1.807) is 13.0 Å². The number of benzene rings is 2. The van der Waals surface area contributed by atoms with Gasteiger partial charge in [-0.2, -0.15) is 13.2 Å². The molecule has 0 saturated heterocycles. The second kappa shape index (κ2) is 5.03. The second-order valence-electron chi connectivity index (χ2n) is 4.39. The largest absolute Gasteiger partial charge is 0.416 e. The van der Waals surface area contributed by atoms with E-state index in [9.17, 15) is 17.6 Å². The molecule has 0 heterocycles. The van der Waals surface area contributed by atoms with Crippen LogP contribution >= 0.6 is 0 Å². The molecule has 6 heteroatoms. The summed E-state index contributed by atoms with van der Waals surface area (Å²) in [6, 6.07) is 7.36. The Balaban J connectivity index is 2.28. The van der Waals surface area contributed by atoms with Gasteiger partial charge in [0.1, 0.15) is 5.82 Å². The smallest absolute Gasteiger partial charge is 0.397 e. The molecule has 0 aliphatic carbocycles. The van der Waals surface area contributed by atoms with Gasteiger partial charge in [-0.1, -0.05) is 0 Å². The van der Waals surface area contributed by atoms with E-state index in [1.807, 2.05) is 0 Å². The summed E-state index contributed by atoms with van der Waals surface area (Å²) in [6.45, 7) is 1.59. The highest BCUT2D eigenvalue weighted by molar-refractivity contribution is 5.73. The van der Waals surface area contributed by atoms with E-state index in [0.717, 1.165) is 12.1 Å². The summed E-state index contributed by atoms with van der Waals surface area (Å²) < 4.78 is 50.6. The van der Waals surface area contributed by atoms with Gasteiger partial charge in [-0.3, -0.25) is 0 Å². The molecular weight excluding hydrogens is 272 g/mol. The lowest BCUT2D eigenvalue weighted by Crippen LogP contribution is -2.06. The minimum Gasteiger partial charge on any atom is -0.397 e. The molecule has 0 aromatic heterocycles. The molecular formula is C14H12F4N2. The SMILES string of the molecule is Cc1cc(Nc2ccc(C(F)(F)F)cc2N)ccc1F. The molecule has 0 radical (unpaired) electrons. The fourth-order valence-electron chi connectivity index (χ4n) is 1.73. The lowest BCUT2D eigenvalue weighted by Gasteiger charge is -2.13. The summed E-state index contributed by atoms with van der Waals surface area (Å²) in [7, 11) is 0. The van der Waals surface area contributed by atoms with E-state index in [1.165, 1.54) is 18.2 Å². The molecule has 0 atom stereocenters. The number of nitrogen functional groups attached to an aromatic ring is 1. The molecule has 3 N–H and O–H groups in total. The Kier molecular flexibility index (Phi) is 3.57. The van der Waals surface area contributed by atoms with Crippen molar-refractivity contribution in [3.63, 3.8) is 0 Å². The number of rotatable bonds is 2. The average molecular weight is 284 g/mol. The summed E-state index contributed by atoms with van der Waals surface area (Å²) in [5.41, 5.74) is 6.08. The number of alkyl halides is 3. The van der Waals surface area contributed by atoms with Crippen molar-refractivity contribution in [2.75, 3.05) is 11.1 Å². The van der Waals surface area contributed by atoms with Gasteiger partial charge in [0, 0.05) is 5.69 Å². The average Bonchev–Trinajstić information content (AvgIpc) is 2.35. The van der Waals surface area contributed by atoms with Gasteiger partial charge in [-0.25, -0.2) is 4.39 Å². The molecule has 0 aliphatic rings. The Morgan fingerprint density at radius 3 is 2.30 bits per heavy atom. The second-order valence-corrected chi connectivity index (χ2v) is 4.39. The maximum atomic E-state index is 13.1. The van der Waals surface area contributed by atoms with Crippen LogP contribution in [0.3, 0.4) is 0 Å². The van der Waals surface area contributed by atoms with Crippen LogP contribution in [0.25, 0.3) is 0 Å². The third-order valence-electron chi connectivity index (χ3n) is 2.82. The fourth-order valence-corrected chi connectivity index (χ4v) is 1.73. The first-order valence-electron chi connectivity index (χ1n) is 5.77. The van der Waals surface area contributed by atoms with Crippen molar-refractivity contribution in [2.45, 2.75) is 13.1 Å². The quantitative estimate of drug-likeness (QED) is 0.630. The molecule has 2 nitrogen and oxygen atoms in total. The van der Waals surface area contributed by atoms with Crippen LogP contribution in [0, 0.1) is 12.7 Å². The van der Waals surface area contributed by atoms with Crippen molar-refractivity contribution < 1.29 is 17.6 Å². The van der Waals surface area contributed by atoms with Crippen LogP contribution in [-0.2, 0) is 6.18 Å². The Morgan fingerprint density at radius 1 is 1.05 bits per heavy atom. The van der Waals surface area contributed by atoms with E-state index in [-0.39, 0.29) is 11.5 Å². The molecule has 0 fully saturated rings. The Morgan fingerprint density at radius 2 is 1.75 bits per heavy atom.